The van der Waals surface area contributed by atoms with Crippen molar-refractivity contribution >= 4 is 0 Å². The SMILES string of the molecule is COc1ccc(C)c2c1CCCC[C@H]2N. The second-order valence-electron chi connectivity index (χ2n) is 4.33. The highest BCUT2D eigenvalue weighted by Gasteiger charge is 2.20. The van der Waals surface area contributed by atoms with Crippen molar-refractivity contribution in [1.82, 2.24) is 0 Å². The van der Waals surface area contributed by atoms with E-state index in [-0.39, 0.29) is 6.04 Å². The molecule has 2 rings (SSSR count). The Kier molecular flexibility index (Phi) is 2.96. The minimum Gasteiger partial charge on any atom is -0.496 e. The van der Waals surface area contributed by atoms with Gasteiger partial charge in [-0.3, -0.25) is 0 Å². The van der Waals surface area contributed by atoms with Crippen LogP contribution in [0.1, 0.15) is 42.0 Å². The monoisotopic (exact) mass is 205 g/mol. The number of fused-ring (bicyclic) bond motifs is 1. The van der Waals surface area contributed by atoms with Crippen molar-refractivity contribution in [2.45, 2.75) is 38.6 Å². The summed E-state index contributed by atoms with van der Waals surface area (Å²) < 4.78 is 5.42. The predicted molar refractivity (Wildman–Crippen MR) is 62.2 cm³/mol. The van der Waals surface area contributed by atoms with Crippen LogP contribution in [-0.4, -0.2) is 7.11 Å². The minimum atomic E-state index is 0.192. The first-order valence-corrected chi connectivity index (χ1v) is 5.66. The molecule has 1 aromatic rings. The van der Waals surface area contributed by atoms with E-state index in [0.717, 1.165) is 18.6 Å². The van der Waals surface area contributed by atoms with E-state index in [1.165, 1.54) is 29.5 Å². The standard InChI is InChI=1S/C13H19NO/c1-9-7-8-12(15-2)10-5-3-4-6-11(14)13(9)10/h7-8,11H,3-6,14H2,1-2H3/t11-/m1/s1. The Bertz CT molecular complexity index is 360. The lowest BCUT2D eigenvalue weighted by molar-refractivity contribution is 0.408. The first-order chi connectivity index (χ1) is 7.24. The van der Waals surface area contributed by atoms with Crippen LogP contribution in [0.4, 0.5) is 0 Å². The van der Waals surface area contributed by atoms with E-state index in [1.54, 1.807) is 7.11 Å². The van der Waals surface area contributed by atoms with Gasteiger partial charge in [-0.1, -0.05) is 12.5 Å². The Morgan fingerprint density at radius 2 is 2.13 bits per heavy atom. The third-order valence-electron chi connectivity index (χ3n) is 3.31. The number of nitrogens with two attached hydrogens (primary N) is 1. The molecule has 15 heavy (non-hydrogen) atoms. The van der Waals surface area contributed by atoms with E-state index in [2.05, 4.69) is 19.1 Å². The molecule has 2 heteroatoms. The van der Waals surface area contributed by atoms with Crippen molar-refractivity contribution in [3.05, 3.63) is 28.8 Å². The van der Waals surface area contributed by atoms with E-state index >= 15 is 0 Å². The highest BCUT2D eigenvalue weighted by atomic mass is 16.5. The maximum Gasteiger partial charge on any atom is 0.122 e. The molecular formula is C13H19NO. The van der Waals surface area contributed by atoms with Gasteiger partial charge in [-0.05, 0) is 48.9 Å². The Morgan fingerprint density at radius 1 is 1.33 bits per heavy atom. The zero-order chi connectivity index (χ0) is 10.8. The summed E-state index contributed by atoms with van der Waals surface area (Å²) in [6.45, 7) is 2.14. The first kappa shape index (κ1) is 10.5. The molecule has 0 aliphatic heterocycles. The fourth-order valence-electron chi connectivity index (χ4n) is 2.54. The molecule has 0 fully saturated rings. The van der Waals surface area contributed by atoms with Crippen LogP contribution in [0.15, 0.2) is 12.1 Å². The van der Waals surface area contributed by atoms with E-state index in [0.29, 0.717) is 0 Å². The zero-order valence-electron chi connectivity index (χ0n) is 9.55. The highest BCUT2D eigenvalue weighted by Crippen LogP contribution is 2.35. The summed E-state index contributed by atoms with van der Waals surface area (Å²) in [5.74, 6) is 1.01. The third-order valence-corrected chi connectivity index (χ3v) is 3.31. The molecule has 2 nitrogen and oxygen atoms in total. The summed E-state index contributed by atoms with van der Waals surface area (Å²) in [6.07, 6.45) is 4.65. The van der Waals surface area contributed by atoms with Crippen molar-refractivity contribution in [3.63, 3.8) is 0 Å². The maximum absolute atomic E-state index is 6.22. The van der Waals surface area contributed by atoms with Crippen LogP contribution in [0.25, 0.3) is 0 Å². The van der Waals surface area contributed by atoms with Gasteiger partial charge in [0.2, 0.25) is 0 Å². The van der Waals surface area contributed by atoms with Crippen LogP contribution in [0.5, 0.6) is 5.75 Å². The predicted octanol–water partition coefficient (Wildman–Crippen LogP) is 2.73. The first-order valence-electron chi connectivity index (χ1n) is 5.66. The number of rotatable bonds is 1. The largest absolute Gasteiger partial charge is 0.496 e. The van der Waals surface area contributed by atoms with Crippen molar-refractivity contribution in [2.75, 3.05) is 7.11 Å². The molecule has 0 bridgehead atoms. The van der Waals surface area contributed by atoms with Gasteiger partial charge in [0.25, 0.3) is 0 Å². The lowest BCUT2D eigenvalue weighted by atomic mass is 9.94. The number of benzene rings is 1. The van der Waals surface area contributed by atoms with Gasteiger partial charge in [-0.2, -0.15) is 0 Å². The van der Waals surface area contributed by atoms with Gasteiger partial charge in [0.05, 0.1) is 7.11 Å². The molecule has 0 saturated heterocycles. The van der Waals surface area contributed by atoms with Gasteiger partial charge in [0.15, 0.2) is 0 Å². The average Bonchev–Trinajstić information content (AvgIpc) is 2.42. The van der Waals surface area contributed by atoms with Gasteiger partial charge in [-0.25, -0.2) is 0 Å². The molecule has 0 aromatic heterocycles. The molecule has 0 radical (unpaired) electrons. The van der Waals surface area contributed by atoms with Gasteiger partial charge in [-0.15, -0.1) is 0 Å². The number of hydrogen-bond acceptors (Lipinski definition) is 2. The van der Waals surface area contributed by atoms with Crippen molar-refractivity contribution in [1.29, 1.82) is 0 Å². The fraction of sp³-hybridized carbons (Fsp3) is 0.538. The smallest absolute Gasteiger partial charge is 0.122 e. The quantitative estimate of drug-likeness (QED) is 0.715. The van der Waals surface area contributed by atoms with Crippen molar-refractivity contribution < 1.29 is 4.74 Å². The van der Waals surface area contributed by atoms with Gasteiger partial charge >= 0.3 is 0 Å². The summed E-state index contributed by atoms with van der Waals surface area (Å²) in [5, 5.41) is 0. The lowest BCUT2D eigenvalue weighted by Crippen LogP contribution is -2.12. The number of aryl methyl sites for hydroxylation is 1. The second kappa shape index (κ2) is 4.23. The van der Waals surface area contributed by atoms with Gasteiger partial charge < -0.3 is 10.5 Å². The van der Waals surface area contributed by atoms with Gasteiger partial charge in [0.1, 0.15) is 5.75 Å². The highest BCUT2D eigenvalue weighted by molar-refractivity contribution is 5.47. The van der Waals surface area contributed by atoms with E-state index in [1.807, 2.05) is 0 Å². The van der Waals surface area contributed by atoms with Crippen LogP contribution in [0.3, 0.4) is 0 Å². The molecule has 1 aliphatic rings. The molecule has 1 aromatic carbocycles. The molecule has 0 saturated carbocycles. The second-order valence-corrected chi connectivity index (χ2v) is 4.33. The van der Waals surface area contributed by atoms with Crippen molar-refractivity contribution in [3.8, 4) is 5.75 Å². The van der Waals surface area contributed by atoms with Crippen LogP contribution >= 0.6 is 0 Å². The molecule has 1 aliphatic carbocycles. The zero-order valence-corrected chi connectivity index (χ0v) is 9.55. The number of methoxy groups -OCH3 is 1. The normalized spacial score (nSPS) is 20.6. The topological polar surface area (TPSA) is 35.2 Å². The van der Waals surface area contributed by atoms with E-state index in [4.69, 9.17) is 10.5 Å². The molecule has 0 spiro atoms. The molecule has 0 heterocycles. The molecule has 2 N–H and O–H groups in total. The molecule has 0 unspecified atom stereocenters. The van der Waals surface area contributed by atoms with Crippen LogP contribution in [0.2, 0.25) is 0 Å². The molecular weight excluding hydrogens is 186 g/mol. The van der Waals surface area contributed by atoms with Crippen LogP contribution in [-0.2, 0) is 6.42 Å². The summed E-state index contributed by atoms with van der Waals surface area (Å²) in [7, 11) is 1.74. The Hall–Kier alpha value is -1.02. The Morgan fingerprint density at radius 3 is 2.87 bits per heavy atom. The Balaban J connectivity index is 2.55. The number of ether oxygens (including phenoxy) is 1. The number of hydrogen-bond donors (Lipinski definition) is 1. The molecule has 82 valence electrons. The van der Waals surface area contributed by atoms with E-state index < -0.39 is 0 Å². The summed E-state index contributed by atoms with van der Waals surface area (Å²) >= 11 is 0. The van der Waals surface area contributed by atoms with E-state index in [9.17, 15) is 0 Å². The lowest BCUT2D eigenvalue weighted by Gasteiger charge is -2.18. The summed E-state index contributed by atoms with van der Waals surface area (Å²) in [6, 6.07) is 4.37. The maximum atomic E-state index is 6.22. The summed E-state index contributed by atoms with van der Waals surface area (Å²) in [5.41, 5.74) is 10.2. The summed E-state index contributed by atoms with van der Waals surface area (Å²) in [4.78, 5) is 0. The van der Waals surface area contributed by atoms with Crippen LogP contribution < -0.4 is 10.5 Å². The third kappa shape index (κ3) is 1.86. The van der Waals surface area contributed by atoms with Crippen molar-refractivity contribution in [2.24, 2.45) is 5.73 Å². The molecule has 0 amide bonds. The molecule has 1 atom stereocenters. The Labute approximate surface area is 91.4 Å². The van der Waals surface area contributed by atoms with Crippen LogP contribution in [0, 0.1) is 6.92 Å². The average molecular weight is 205 g/mol. The fourth-order valence-corrected chi connectivity index (χ4v) is 2.54. The van der Waals surface area contributed by atoms with Gasteiger partial charge in [0, 0.05) is 6.04 Å². The minimum absolute atomic E-state index is 0.192.